The number of ether oxygens (including phenoxy) is 1. The first kappa shape index (κ1) is 18.9. The summed E-state index contributed by atoms with van der Waals surface area (Å²) in [6.07, 6.45) is 3.99. The Morgan fingerprint density at radius 1 is 1.15 bits per heavy atom. The van der Waals surface area contributed by atoms with Crippen LogP contribution in [-0.4, -0.2) is 84.3 Å². The lowest BCUT2D eigenvalue weighted by Gasteiger charge is -2.30. The molecule has 4 heterocycles. The molecular formula is C20H32N2O3S. The van der Waals surface area contributed by atoms with Crippen LogP contribution >= 0.6 is 11.8 Å². The van der Waals surface area contributed by atoms with Crippen molar-refractivity contribution in [3.05, 3.63) is 0 Å². The van der Waals surface area contributed by atoms with Gasteiger partial charge in [-0.25, -0.2) is 0 Å². The lowest BCUT2D eigenvalue weighted by molar-refractivity contribution is -0.126. The number of likely N-dealkylation sites (tertiary alicyclic amines) is 2. The van der Waals surface area contributed by atoms with Gasteiger partial charge < -0.3 is 4.74 Å². The zero-order valence-corrected chi connectivity index (χ0v) is 16.9. The minimum Gasteiger partial charge on any atom is -0.381 e. The molecule has 4 rings (SSSR count). The number of hydrogen-bond donors (Lipinski definition) is 0. The lowest BCUT2D eigenvalue weighted by Crippen LogP contribution is -2.43. The van der Waals surface area contributed by atoms with Gasteiger partial charge in [-0.15, -0.1) is 0 Å². The normalized spacial score (nSPS) is 41.0. The molecule has 26 heavy (non-hydrogen) atoms. The highest BCUT2D eigenvalue weighted by atomic mass is 32.2. The van der Waals surface area contributed by atoms with E-state index < -0.39 is 0 Å². The molecule has 146 valence electrons. The molecule has 6 atom stereocenters. The van der Waals surface area contributed by atoms with Crippen LogP contribution < -0.4 is 0 Å². The van der Waals surface area contributed by atoms with Crippen LogP contribution in [0, 0.1) is 17.8 Å². The van der Waals surface area contributed by atoms with Gasteiger partial charge in [0.05, 0.1) is 18.7 Å². The lowest BCUT2D eigenvalue weighted by atomic mass is 9.85. The maximum atomic E-state index is 13.1. The molecule has 4 saturated heterocycles. The van der Waals surface area contributed by atoms with Crippen molar-refractivity contribution in [2.45, 2.75) is 49.9 Å². The fraction of sp³-hybridized carbons (Fsp3) is 0.900. The topological polar surface area (TPSA) is 49.9 Å². The second-order valence-corrected chi connectivity index (χ2v) is 10.0. The van der Waals surface area contributed by atoms with E-state index in [0.717, 1.165) is 39.3 Å². The van der Waals surface area contributed by atoms with Crippen molar-refractivity contribution >= 4 is 23.3 Å². The summed E-state index contributed by atoms with van der Waals surface area (Å²) in [5.74, 6) is 3.30. The van der Waals surface area contributed by atoms with Crippen molar-refractivity contribution in [3.63, 3.8) is 0 Å². The molecule has 0 spiro atoms. The van der Waals surface area contributed by atoms with E-state index in [9.17, 15) is 9.59 Å². The molecule has 0 bridgehead atoms. The number of Topliss-reactive ketones (excluding diaryl/α,β-unsaturated/α-hetero) is 2. The molecule has 0 aromatic heterocycles. The maximum absolute atomic E-state index is 13.1. The Bertz CT molecular complexity index is 557. The van der Waals surface area contributed by atoms with Gasteiger partial charge >= 0.3 is 0 Å². The number of hydrogen-bond acceptors (Lipinski definition) is 6. The van der Waals surface area contributed by atoms with Crippen molar-refractivity contribution in [2.24, 2.45) is 17.8 Å². The Morgan fingerprint density at radius 2 is 2.00 bits per heavy atom. The Balaban J connectivity index is 1.38. The van der Waals surface area contributed by atoms with E-state index in [1.165, 1.54) is 18.6 Å². The molecule has 4 aliphatic heterocycles. The molecule has 6 unspecified atom stereocenters. The van der Waals surface area contributed by atoms with Crippen LogP contribution in [0.2, 0.25) is 0 Å². The fourth-order valence-electron chi connectivity index (χ4n) is 5.91. The molecular weight excluding hydrogens is 348 g/mol. The van der Waals surface area contributed by atoms with Crippen LogP contribution in [0.25, 0.3) is 0 Å². The van der Waals surface area contributed by atoms with Crippen LogP contribution in [0.15, 0.2) is 0 Å². The van der Waals surface area contributed by atoms with E-state index in [1.54, 1.807) is 6.92 Å². The van der Waals surface area contributed by atoms with Crippen LogP contribution in [0.1, 0.15) is 32.6 Å². The third-order valence-electron chi connectivity index (χ3n) is 7.03. The molecule has 0 radical (unpaired) electrons. The standard InChI is InChI=1S/C20H32N2O3S/c1-13(23)19-15-6-8-25-12-14(15)10-22(19)7-5-17(24)20-16-4-3-9-26-18(16)11-21(20)2/h14-16,18-20H,3-12H2,1-2H3. The first-order valence-electron chi connectivity index (χ1n) is 10.2. The van der Waals surface area contributed by atoms with Gasteiger partial charge in [-0.3, -0.25) is 19.4 Å². The Hall–Kier alpha value is -0.430. The highest BCUT2D eigenvalue weighted by Crippen LogP contribution is 2.41. The summed E-state index contributed by atoms with van der Waals surface area (Å²) >= 11 is 2.06. The van der Waals surface area contributed by atoms with Gasteiger partial charge in [-0.2, -0.15) is 11.8 Å². The number of carbonyl (C=O) groups excluding carboxylic acids is 2. The van der Waals surface area contributed by atoms with E-state index in [2.05, 4.69) is 28.6 Å². The second-order valence-electron chi connectivity index (χ2n) is 8.65. The number of thioether (sulfide) groups is 1. The summed E-state index contributed by atoms with van der Waals surface area (Å²) in [6.45, 7) is 5.94. The number of fused-ring (bicyclic) bond motifs is 2. The smallest absolute Gasteiger partial charge is 0.151 e. The molecule has 5 nitrogen and oxygen atoms in total. The number of likely N-dealkylation sites (N-methyl/N-ethyl adjacent to an activating group) is 1. The minimum atomic E-state index is -0.00371. The molecule has 0 saturated carbocycles. The largest absolute Gasteiger partial charge is 0.381 e. The number of ketones is 2. The highest BCUT2D eigenvalue weighted by molar-refractivity contribution is 8.00. The van der Waals surface area contributed by atoms with E-state index in [1.807, 2.05) is 0 Å². The Morgan fingerprint density at radius 3 is 2.81 bits per heavy atom. The van der Waals surface area contributed by atoms with E-state index in [-0.39, 0.29) is 17.9 Å². The van der Waals surface area contributed by atoms with Crippen molar-refractivity contribution in [2.75, 3.05) is 45.6 Å². The highest BCUT2D eigenvalue weighted by Gasteiger charge is 2.47. The summed E-state index contributed by atoms with van der Waals surface area (Å²) in [4.78, 5) is 29.9. The van der Waals surface area contributed by atoms with Crippen LogP contribution in [0.3, 0.4) is 0 Å². The van der Waals surface area contributed by atoms with Crippen LogP contribution in [-0.2, 0) is 14.3 Å². The zero-order valence-electron chi connectivity index (χ0n) is 16.1. The van der Waals surface area contributed by atoms with Gasteiger partial charge in [0.15, 0.2) is 5.78 Å². The van der Waals surface area contributed by atoms with Crippen molar-refractivity contribution in [1.82, 2.24) is 9.80 Å². The molecule has 0 aliphatic carbocycles. The number of nitrogens with zero attached hydrogens (tertiary/aromatic N) is 2. The summed E-state index contributed by atoms with van der Waals surface area (Å²) in [5, 5.41) is 0.638. The summed E-state index contributed by atoms with van der Waals surface area (Å²) in [6, 6.07) is 0.0905. The summed E-state index contributed by atoms with van der Waals surface area (Å²) in [5.41, 5.74) is 0. The quantitative estimate of drug-likeness (QED) is 0.724. The fourth-order valence-corrected chi connectivity index (χ4v) is 7.42. The molecule has 4 aliphatic rings. The number of carbonyl (C=O) groups is 2. The molecule has 0 aromatic rings. The first-order chi connectivity index (χ1) is 12.6. The Kier molecular flexibility index (Phi) is 5.75. The van der Waals surface area contributed by atoms with Gasteiger partial charge in [0, 0.05) is 37.9 Å². The maximum Gasteiger partial charge on any atom is 0.151 e. The average Bonchev–Trinajstić information content (AvgIpc) is 3.16. The molecule has 6 heteroatoms. The van der Waals surface area contributed by atoms with Gasteiger partial charge in [0.25, 0.3) is 0 Å². The monoisotopic (exact) mass is 380 g/mol. The summed E-state index contributed by atoms with van der Waals surface area (Å²) < 4.78 is 5.63. The third kappa shape index (κ3) is 3.50. The molecule has 0 amide bonds. The summed E-state index contributed by atoms with van der Waals surface area (Å²) in [7, 11) is 2.11. The van der Waals surface area contributed by atoms with E-state index in [0.29, 0.717) is 35.2 Å². The molecule has 4 fully saturated rings. The van der Waals surface area contributed by atoms with Gasteiger partial charge in [-0.1, -0.05) is 0 Å². The first-order valence-corrected chi connectivity index (χ1v) is 11.3. The average molecular weight is 381 g/mol. The van der Waals surface area contributed by atoms with Gasteiger partial charge in [0.1, 0.15) is 5.78 Å². The van der Waals surface area contributed by atoms with E-state index >= 15 is 0 Å². The van der Waals surface area contributed by atoms with Crippen LogP contribution in [0.4, 0.5) is 0 Å². The van der Waals surface area contributed by atoms with E-state index in [4.69, 9.17) is 4.74 Å². The third-order valence-corrected chi connectivity index (χ3v) is 8.48. The SMILES string of the molecule is CC(=O)C1C2CCOCC2CN1CCC(=O)C1C2CCCSC2CN1C. The van der Waals surface area contributed by atoms with Crippen molar-refractivity contribution in [3.8, 4) is 0 Å². The van der Waals surface area contributed by atoms with Crippen LogP contribution in [0.5, 0.6) is 0 Å². The van der Waals surface area contributed by atoms with Crippen molar-refractivity contribution < 1.29 is 14.3 Å². The van der Waals surface area contributed by atoms with Crippen molar-refractivity contribution in [1.29, 1.82) is 0 Å². The molecule has 0 aromatic carbocycles. The minimum absolute atomic E-state index is 0.00371. The van der Waals surface area contributed by atoms with Gasteiger partial charge in [0.2, 0.25) is 0 Å². The molecule has 0 N–H and O–H groups in total. The van der Waals surface area contributed by atoms with Gasteiger partial charge in [-0.05, 0) is 56.7 Å². The predicted octanol–water partition coefficient (Wildman–Crippen LogP) is 1.70. The Labute approximate surface area is 161 Å². The zero-order chi connectivity index (χ0) is 18.3. The second kappa shape index (κ2) is 7.90. The predicted molar refractivity (Wildman–Crippen MR) is 103 cm³/mol. The number of rotatable bonds is 5.